The first-order valence-corrected chi connectivity index (χ1v) is 6.59. The van der Waals surface area contributed by atoms with Crippen LogP contribution in [0.2, 0.25) is 0 Å². The fraction of sp³-hybridized carbons (Fsp3) is 0.643. The van der Waals surface area contributed by atoms with E-state index in [-0.39, 0.29) is 24.0 Å². The highest BCUT2D eigenvalue weighted by Gasteiger charge is 2.30. The summed E-state index contributed by atoms with van der Waals surface area (Å²) in [5.74, 6) is 2.02. The Morgan fingerprint density at radius 1 is 1.53 bits per heavy atom. The van der Waals surface area contributed by atoms with Crippen molar-refractivity contribution in [1.29, 1.82) is 0 Å². The summed E-state index contributed by atoms with van der Waals surface area (Å²) < 4.78 is 5.31. The van der Waals surface area contributed by atoms with E-state index in [2.05, 4.69) is 29.1 Å². The molecular weight excluding hydrogens is 353 g/mol. The van der Waals surface area contributed by atoms with Gasteiger partial charge in [-0.3, -0.25) is 4.99 Å². The number of furan rings is 1. The number of rotatable bonds is 3. The van der Waals surface area contributed by atoms with E-state index in [0.717, 1.165) is 37.8 Å². The molecule has 2 heterocycles. The molecule has 0 aromatic carbocycles. The number of nitrogens with one attached hydrogen (secondary N) is 1. The van der Waals surface area contributed by atoms with E-state index in [1.165, 1.54) is 6.42 Å². The van der Waals surface area contributed by atoms with Crippen LogP contribution >= 0.6 is 24.0 Å². The van der Waals surface area contributed by atoms with Gasteiger partial charge in [0.1, 0.15) is 5.76 Å². The van der Waals surface area contributed by atoms with E-state index in [9.17, 15) is 0 Å². The molecule has 108 valence electrons. The maximum absolute atomic E-state index is 5.31. The lowest BCUT2D eigenvalue weighted by atomic mass is 9.93. The van der Waals surface area contributed by atoms with Crippen molar-refractivity contribution in [3.05, 3.63) is 24.2 Å². The van der Waals surface area contributed by atoms with E-state index in [1.807, 2.05) is 19.2 Å². The molecule has 19 heavy (non-hydrogen) atoms. The van der Waals surface area contributed by atoms with Gasteiger partial charge in [0.2, 0.25) is 0 Å². The van der Waals surface area contributed by atoms with E-state index in [4.69, 9.17) is 4.42 Å². The molecule has 1 aliphatic rings. The lowest BCUT2D eigenvalue weighted by molar-refractivity contribution is 0.370. The Morgan fingerprint density at radius 3 is 2.84 bits per heavy atom. The summed E-state index contributed by atoms with van der Waals surface area (Å²) in [5, 5.41) is 3.40. The van der Waals surface area contributed by atoms with Crippen molar-refractivity contribution in [2.24, 2.45) is 10.4 Å². The molecule has 1 aromatic heterocycles. The molecule has 4 nitrogen and oxygen atoms in total. The SMILES string of the molecule is CN=C(NCCc1ccco1)N1CCC(C)(C)C1.I. The molecule has 5 heteroatoms. The number of aliphatic imine (C=N–C) groups is 1. The summed E-state index contributed by atoms with van der Waals surface area (Å²) in [6, 6.07) is 3.93. The van der Waals surface area contributed by atoms with Crippen LogP contribution in [0, 0.1) is 5.41 Å². The van der Waals surface area contributed by atoms with Crippen molar-refractivity contribution < 1.29 is 4.42 Å². The number of hydrogen-bond acceptors (Lipinski definition) is 2. The average Bonchev–Trinajstić information content (AvgIpc) is 2.94. The summed E-state index contributed by atoms with van der Waals surface area (Å²) in [4.78, 5) is 6.69. The third-order valence-corrected chi connectivity index (χ3v) is 3.42. The molecule has 1 N–H and O–H groups in total. The van der Waals surface area contributed by atoms with Crippen LogP contribution in [0.5, 0.6) is 0 Å². The predicted octanol–water partition coefficient (Wildman–Crippen LogP) is 2.75. The van der Waals surface area contributed by atoms with Gasteiger partial charge < -0.3 is 14.6 Å². The summed E-state index contributed by atoms with van der Waals surface area (Å²) in [6.45, 7) is 7.64. The van der Waals surface area contributed by atoms with Gasteiger partial charge in [0, 0.05) is 33.1 Å². The van der Waals surface area contributed by atoms with Gasteiger partial charge in [0.15, 0.2) is 5.96 Å². The van der Waals surface area contributed by atoms with Gasteiger partial charge in [-0.2, -0.15) is 0 Å². The van der Waals surface area contributed by atoms with Crippen molar-refractivity contribution in [2.45, 2.75) is 26.7 Å². The Morgan fingerprint density at radius 2 is 2.32 bits per heavy atom. The summed E-state index contributed by atoms with van der Waals surface area (Å²) >= 11 is 0. The molecule has 0 atom stereocenters. The van der Waals surface area contributed by atoms with Crippen LogP contribution in [0.1, 0.15) is 26.0 Å². The fourth-order valence-corrected chi connectivity index (χ4v) is 2.38. The molecule has 0 aliphatic carbocycles. The molecule has 0 radical (unpaired) electrons. The number of halogens is 1. The lowest BCUT2D eigenvalue weighted by Crippen LogP contribution is -2.41. The van der Waals surface area contributed by atoms with Crippen molar-refractivity contribution in [1.82, 2.24) is 10.2 Å². The maximum Gasteiger partial charge on any atom is 0.193 e. The van der Waals surface area contributed by atoms with Gasteiger partial charge in [-0.25, -0.2) is 0 Å². The third kappa shape index (κ3) is 4.71. The highest BCUT2D eigenvalue weighted by Crippen LogP contribution is 2.28. The second-order valence-corrected chi connectivity index (χ2v) is 5.64. The van der Waals surface area contributed by atoms with Gasteiger partial charge in [-0.1, -0.05) is 13.8 Å². The highest BCUT2D eigenvalue weighted by molar-refractivity contribution is 14.0. The Kier molecular flexibility index (Phi) is 6.16. The second kappa shape index (κ2) is 7.17. The minimum Gasteiger partial charge on any atom is -0.469 e. The monoisotopic (exact) mass is 377 g/mol. The van der Waals surface area contributed by atoms with Gasteiger partial charge in [-0.15, -0.1) is 24.0 Å². The highest BCUT2D eigenvalue weighted by atomic mass is 127. The molecule has 2 rings (SSSR count). The molecule has 0 saturated carbocycles. The number of likely N-dealkylation sites (tertiary alicyclic amines) is 1. The Balaban J connectivity index is 0.00000180. The van der Waals surface area contributed by atoms with Gasteiger partial charge in [-0.05, 0) is 24.0 Å². The molecule has 1 aromatic rings. The molecule has 1 aliphatic heterocycles. The lowest BCUT2D eigenvalue weighted by Gasteiger charge is -2.23. The van der Waals surface area contributed by atoms with E-state index in [0.29, 0.717) is 5.41 Å². The maximum atomic E-state index is 5.31. The molecule has 0 amide bonds. The van der Waals surface area contributed by atoms with E-state index >= 15 is 0 Å². The molecule has 1 fully saturated rings. The minimum absolute atomic E-state index is 0. The van der Waals surface area contributed by atoms with Crippen LogP contribution in [-0.4, -0.2) is 37.5 Å². The summed E-state index contributed by atoms with van der Waals surface area (Å²) in [6.07, 6.45) is 3.84. The Labute approximate surface area is 132 Å². The van der Waals surface area contributed by atoms with Crippen LogP contribution < -0.4 is 5.32 Å². The number of hydrogen-bond donors (Lipinski definition) is 1. The van der Waals surface area contributed by atoms with Gasteiger partial charge >= 0.3 is 0 Å². The van der Waals surface area contributed by atoms with Crippen LogP contribution in [0.25, 0.3) is 0 Å². The molecule has 0 unspecified atom stereocenters. The second-order valence-electron chi connectivity index (χ2n) is 5.64. The normalized spacial score (nSPS) is 18.3. The van der Waals surface area contributed by atoms with Gasteiger partial charge in [0.25, 0.3) is 0 Å². The van der Waals surface area contributed by atoms with Crippen LogP contribution in [-0.2, 0) is 6.42 Å². The first-order valence-electron chi connectivity index (χ1n) is 6.59. The zero-order chi connectivity index (χ0) is 13.0. The van der Waals surface area contributed by atoms with E-state index < -0.39 is 0 Å². The van der Waals surface area contributed by atoms with Crippen molar-refractivity contribution in [2.75, 3.05) is 26.7 Å². The number of nitrogens with zero attached hydrogens (tertiary/aromatic N) is 2. The zero-order valence-corrected chi connectivity index (χ0v) is 14.3. The zero-order valence-electron chi connectivity index (χ0n) is 12.0. The fourth-order valence-electron chi connectivity index (χ4n) is 2.38. The first kappa shape index (κ1) is 16.3. The van der Waals surface area contributed by atoms with Crippen molar-refractivity contribution in [3.63, 3.8) is 0 Å². The quantitative estimate of drug-likeness (QED) is 0.500. The summed E-state index contributed by atoms with van der Waals surface area (Å²) in [7, 11) is 1.85. The third-order valence-electron chi connectivity index (χ3n) is 3.42. The Hall–Kier alpha value is -0.720. The molecule has 0 bridgehead atoms. The molecule has 0 spiro atoms. The van der Waals surface area contributed by atoms with E-state index in [1.54, 1.807) is 6.26 Å². The average molecular weight is 377 g/mol. The molecular formula is C14H24IN3O. The van der Waals surface area contributed by atoms with Crippen molar-refractivity contribution in [3.8, 4) is 0 Å². The largest absolute Gasteiger partial charge is 0.469 e. The first-order chi connectivity index (χ1) is 8.61. The summed E-state index contributed by atoms with van der Waals surface area (Å²) in [5.41, 5.74) is 0.401. The van der Waals surface area contributed by atoms with Crippen LogP contribution in [0.4, 0.5) is 0 Å². The van der Waals surface area contributed by atoms with Crippen LogP contribution in [0.3, 0.4) is 0 Å². The Bertz CT molecular complexity index is 401. The predicted molar refractivity (Wildman–Crippen MR) is 89.2 cm³/mol. The standard InChI is InChI=1S/C14H23N3O.HI/c1-14(2)7-9-17(11-14)13(15-3)16-8-6-12-5-4-10-18-12;/h4-5,10H,6-9,11H2,1-3H3,(H,15,16);1H. The number of guanidine groups is 1. The topological polar surface area (TPSA) is 40.8 Å². The van der Waals surface area contributed by atoms with Crippen LogP contribution in [0.15, 0.2) is 27.8 Å². The smallest absolute Gasteiger partial charge is 0.193 e. The van der Waals surface area contributed by atoms with Crippen molar-refractivity contribution >= 4 is 29.9 Å². The minimum atomic E-state index is 0. The molecule has 1 saturated heterocycles. The van der Waals surface area contributed by atoms with Gasteiger partial charge in [0.05, 0.1) is 6.26 Å².